The molecule has 0 spiro atoms. The van der Waals surface area contributed by atoms with Crippen LogP contribution in [-0.4, -0.2) is 62.5 Å². The molecule has 0 aliphatic carbocycles. The van der Waals surface area contributed by atoms with Crippen LogP contribution in [0.15, 0.2) is 47.2 Å². The van der Waals surface area contributed by atoms with E-state index < -0.39 is 11.8 Å². The van der Waals surface area contributed by atoms with Crippen LogP contribution in [-0.2, 0) is 0 Å². The number of H-pyrrole nitrogens is 1. The van der Waals surface area contributed by atoms with E-state index in [4.69, 9.17) is 10.5 Å². The molecule has 1 fully saturated rings. The lowest BCUT2D eigenvalue weighted by molar-refractivity contribution is 0.0970. The van der Waals surface area contributed by atoms with Crippen molar-refractivity contribution in [1.82, 2.24) is 24.4 Å². The number of aromatic amines is 1. The lowest BCUT2D eigenvalue weighted by Crippen LogP contribution is -2.23. The molecule has 0 unspecified atom stereocenters. The SMILES string of the molecule is Cc1ccc(Br)cc1-n1cnc(C(N)=O)c1C(=O)Nc1nc2ccc(OCCCN3CCCC3)cc2[nH]1. The predicted molar refractivity (Wildman–Crippen MR) is 144 cm³/mol. The molecule has 10 nitrogen and oxygen atoms in total. The minimum Gasteiger partial charge on any atom is -0.493 e. The van der Waals surface area contributed by atoms with Gasteiger partial charge in [0.25, 0.3) is 11.8 Å². The Bertz CT molecular complexity index is 1460. The lowest BCUT2D eigenvalue weighted by Gasteiger charge is -2.14. The zero-order chi connectivity index (χ0) is 25.9. The Labute approximate surface area is 222 Å². The number of benzene rings is 2. The van der Waals surface area contributed by atoms with Crippen LogP contribution in [0, 0.1) is 6.92 Å². The Morgan fingerprint density at radius 1 is 1.19 bits per heavy atom. The van der Waals surface area contributed by atoms with Gasteiger partial charge < -0.3 is 20.4 Å². The summed E-state index contributed by atoms with van der Waals surface area (Å²) in [5.41, 5.74) is 8.40. The van der Waals surface area contributed by atoms with Gasteiger partial charge in [-0.15, -0.1) is 0 Å². The van der Waals surface area contributed by atoms with Crippen LogP contribution in [0.2, 0.25) is 0 Å². The van der Waals surface area contributed by atoms with E-state index in [-0.39, 0.29) is 17.3 Å². The van der Waals surface area contributed by atoms with Gasteiger partial charge in [-0.25, -0.2) is 9.97 Å². The number of carbonyl (C=O) groups is 2. The summed E-state index contributed by atoms with van der Waals surface area (Å²) in [5, 5.41) is 2.74. The molecule has 37 heavy (non-hydrogen) atoms. The Morgan fingerprint density at radius 3 is 2.78 bits per heavy atom. The molecule has 0 bridgehead atoms. The number of likely N-dealkylation sites (tertiary alicyclic amines) is 1. The zero-order valence-electron chi connectivity index (χ0n) is 20.5. The number of amides is 2. The Morgan fingerprint density at radius 2 is 2.00 bits per heavy atom. The molecule has 4 N–H and O–H groups in total. The quantitative estimate of drug-likeness (QED) is 0.262. The molecule has 2 aromatic carbocycles. The zero-order valence-corrected chi connectivity index (χ0v) is 22.0. The van der Waals surface area contributed by atoms with E-state index >= 15 is 0 Å². The molecule has 0 atom stereocenters. The molecule has 3 heterocycles. The first-order valence-corrected chi connectivity index (χ1v) is 13.0. The number of hydrogen-bond acceptors (Lipinski definition) is 6. The van der Waals surface area contributed by atoms with Crippen molar-refractivity contribution in [3.63, 3.8) is 0 Å². The molecule has 192 valence electrons. The minimum atomic E-state index is -0.798. The first-order chi connectivity index (χ1) is 17.9. The summed E-state index contributed by atoms with van der Waals surface area (Å²) < 4.78 is 8.29. The highest BCUT2D eigenvalue weighted by atomic mass is 79.9. The maximum Gasteiger partial charge on any atom is 0.277 e. The van der Waals surface area contributed by atoms with E-state index in [2.05, 4.69) is 41.1 Å². The van der Waals surface area contributed by atoms with Gasteiger partial charge >= 0.3 is 0 Å². The van der Waals surface area contributed by atoms with Crippen molar-refractivity contribution >= 4 is 44.7 Å². The van der Waals surface area contributed by atoms with E-state index in [0.717, 1.165) is 34.3 Å². The molecule has 11 heteroatoms. The van der Waals surface area contributed by atoms with E-state index in [9.17, 15) is 9.59 Å². The van der Waals surface area contributed by atoms with Crippen LogP contribution in [0.1, 0.15) is 45.8 Å². The number of rotatable bonds is 9. The van der Waals surface area contributed by atoms with Crippen molar-refractivity contribution in [1.29, 1.82) is 0 Å². The van der Waals surface area contributed by atoms with Crippen molar-refractivity contribution in [2.45, 2.75) is 26.2 Å². The van der Waals surface area contributed by atoms with Crippen LogP contribution in [0.25, 0.3) is 16.7 Å². The molecular weight excluding hydrogens is 538 g/mol. The monoisotopic (exact) mass is 565 g/mol. The number of aromatic nitrogens is 4. The summed E-state index contributed by atoms with van der Waals surface area (Å²) in [5.74, 6) is -0.397. The molecule has 1 aliphatic rings. The Hall–Kier alpha value is -3.70. The maximum atomic E-state index is 13.3. The molecule has 1 aliphatic heterocycles. The van der Waals surface area contributed by atoms with Crippen molar-refractivity contribution in [2.24, 2.45) is 5.73 Å². The van der Waals surface area contributed by atoms with Gasteiger partial charge in [-0.3, -0.25) is 19.5 Å². The molecule has 5 rings (SSSR count). The summed E-state index contributed by atoms with van der Waals surface area (Å²) in [6, 6.07) is 11.2. The number of primary amides is 1. The fraction of sp³-hybridized carbons (Fsp3) is 0.308. The Balaban J connectivity index is 1.32. The highest BCUT2D eigenvalue weighted by Gasteiger charge is 2.25. The van der Waals surface area contributed by atoms with Gasteiger partial charge in [0.2, 0.25) is 5.95 Å². The number of aryl methyl sites for hydroxylation is 1. The number of anilines is 1. The second kappa shape index (κ2) is 10.7. The van der Waals surface area contributed by atoms with Gasteiger partial charge in [-0.2, -0.15) is 0 Å². The molecule has 2 aromatic heterocycles. The summed E-state index contributed by atoms with van der Waals surface area (Å²) in [7, 11) is 0. The van der Waals surface area contributed by atoms with E-state index in [0.29, 0.717) is 17.8 Å². The smallest absolute Gasteiger partial charge is 0.277 e. The van der Waals surface area contributed by atoms with Crippen molar-refractivity contribution in [2.75, 3.05) is 31.6 Å². The normalized spacial score (nSPS) is 13.8. The molecule has 4 aromatic rings. The fourth-order valence-electron chi connectivity index (χ4n) is 4.56. The minimum absolute atomic E-state index is 0.0242. The van der Waals surface area contributed by atoms with Gasteiger partial charge in [0.1, 0.15) is 17.8 Å². The van der Waals surface area contributed by atoms with Crippen molar-refractivity contribution in [3.05, 3.63) is 64.1 Å². The third kappa shape index (κ3) is 5.52. The topological polar surface area (TPSA) is 131 Å². The number of imidazole rings is 2. The van der Waals surface area contributed by atoms with Crippen LogP contribution < -0.4 is 15.8 Å². The van der Waals surface area contributed by atoms with Gasteiger partial charge in [-0.1, -0.05) is 22.0 Å². The van der Waals surface area contributed by atoms with Gasteiger partial charge in [0.05, 0.1) is 23.3 Å². The van der Waals surface area contributed by atoms with Crippen LogP contribution >= 0.6 is 15.9 Å². The number of nitrogens with one attached hydrogen (secondary N) is 2. The maximum absolute atomic E-state index is 13.3. The second-order valence-electron chi connectivity index (χ2n) is 9.08. The van der Waals surface area contributed by atoms with Gasteiger partial charge in [0, 0.05) is 17.1 Å². The lowest BCUT2D eigenvalue weighted by atomic mass is 10.2. The average Bonchev–Trinajstić information content (AvgIpc) is 3.62. The van der Waals surface area contributed by atoms with Crippen molar-refractivity contribution in [3.8, 4) is 11.4 Å². The largest absolute Gasteiger partial charge is 0.493 e. The summed E-state index contributed by atoms with van der Waals surface area (Å²) in [6.45, 7) is 5.94. The van der Waals surface area contributed by atoms with E-state index in [1.807, 2.05) is 43.3 Å². The number of hydrogen-bond donors (Lipinski definition) is 3. The summed E-state index contributed by atoms with van der Waals surface area (Å²) >= 11 is 3.45. The van der Waals surface area contributed by atoms with Crippen LogP contribution in [0.3, 0.4) is 0 Å². The number of nitrogens with zero attached hydrogens (tertiary/aromatic N) is 4. The Kier molecular flexibility index (Phi) is 7.24. The number of ether oxygens (including phenoxy) is 1. The van der Waals surface area contributed by atoms with Crippen molar-refractivity contribution < 1.29 is 14.3 Å². The second-order valence-corrected chi connectivity index (χ2v) is 9.99. The predicted octanol–water partition coefficient (Wildman–Crippen LogP) is 4.04. The molecular formula is C26H28BrN7O3. The van der Waals surface area contributed by atoms with Gasteiger partial charge in [0.15, 0.2) is 5.69 Å². The first kappa shape index (κ1) is 25.0. The average molecular weight is 566 g/mol. The third-order valence-electron chi connectivity index (χ3n) is 6.42. The number of carbonyl (C=O) groups excluding carboxylic acids is 2. The molecule has 1 saturated heterocycles. The van der Waals surface area contributed by atoms with E-state index in [1.54, 1.807) is 4.57 Å². The molecule has 2 amide bonds. The molecule has 0 saturated carbocycles. The van der Waals surface area contributed by atoms with E-state index in [1.165, 1.54) is 32.3 Å². The van der Waals surface area contributed by atoms with Crippen LogP contribution in [0.4, 0.5) is 5.95 Å². The number of fused-ring (bicyclic) bond motifs is 1. The highest BCUT2D eigenvalue weighted by Crippen LogP contribution is 2.25. The fourth-order valence-corrected chi connectivity index (χ4v) is 4.91. The molecule has 0 radical (unpaired) electrons. The first-order valence-electron chi connectivity index (χ1n) is 12.2. The highest BCUT2D eigenvalue weighted by molar-refractivity contribution is 9.10. The summed E-state index contributed by atoms with van der Waals surface area (Å²) in [4.78, 5) is 39.5. The third-order valence-corrected chi connectivity index (χ3v) is 6.91. The number of nitrogens with two attached hydrogens (primary N) is 1. The number of halogens is 1. The van der Waals surface area contributed by atoms with Gasteiger partial charge in [-0.05, 0) is 69.1 Å². The standard InChI is InChI=1S/C26H28BrN7O3/c1-16-5-6-17(27)13-21(16)34-15-29-22(24(28)35)23(34)25(36)32-26-30-19-8-7-18(14-20(19)31-26)37-12-4-11-33-9-2-3-10-33/h5-8,13-15H,2-4,9-12H2,1H3,(H2,28,35)(H2,30,31,32,36). The van der Waals surface area contributed by atoms with Crippen LogP contribution in [0.5, 0.6) is 5.75 Å². The summed E-state index contributed by atoms with van der Waals surface area (Å²) in [6.07, 6.45) is 4.95.